The SMILES string of the molecule is CC(C)N(C)S(=O)(=O)c1cccc(C(=O)Nc2n[nH]c(C(F)(F)F)n2)c1. The molecular formula is C14H16F3N5O3S. The summed E-state index contributed by atoms with van der Waals surface area (Å²) in [4.78, 5) is 15.2. The summed E-state index contributed by atoms with van der Waals surface area (Å²) in [5.41, 5.74) is -0.0680. The highest BCUT2D eigenvalue weighted by atomic mass is 32.2. The number of aromatic amines is 1. The fourth-order valence-electron chi connectivity index (χ4n) is 1.86. The summed E-state index contributed by atoms with van der Waals surface area (Å²) >= 11 is 0. The third kappa shape index (κ3) is 4.19. The molecule has 2 N–H and O–H groups in total. The van der Waals surface area contributed by atoms with Crippen LogP contribution < -0.4 is 5.32 Å². The molecule has 0 spiro atoms. The van der Waals surface area contributed by atoms with E-state index >= 15 is 0 Å². The summed E-state index contributed by atoms with van der Waals surface area (Å²) in [5.74, 6) is -2.78. The van der Waals surface area contributed by atoms with Gasteiger partial charge in [0.2, 0.25) is 21.8 Å². The Balaban J connectivity index is 2.25. The molecule has 1 heterocycles. The third-order valence-electron chi connectivity index (χ3n) is 3.48. The van der Waals surface area contributed by atoms with Crippen molar-refractivity contribution in [1.29, 1.82) is 0 Å². The molecule has 12 heteroatoms. The monoisotopic (exact) mass is 391 g/mol. The molecule has 0 saturated heterocycles. The van der Waals surface area contributed by atoms with Gasteiger partial charge in [-0.25, -0.2) is 8.42 Å². The largest absolute Gasteiger partial charge is 0.451 e. The third-order valence-corrected chi connectivity index (χ3v) is 5.51. The smallest absolute Gasteiger partial charge is 0.289 e. The number of hydrogen-bond acceptors (Lipinski definition) is 5. The minimum atomic E-state index is -4.73. The van der Waals surface area contributed by atoms with Gasteiger partial charge in [-0.3, -0.25) is 15.2 Å². The lowest BCUT2D eigenvalue weighted by atomic mass is 10.2. The van der Waals surface area contributed by atoms with Crippen molar-refractivity contribution in [2.45, 2.75) is 31.0 Å². The molecule has 26 heavy (non-hydrogen) atoms. The predicted octanol–water partition coefficient (Wildman–Crippen LogP) is 2.10. The molecule has 142 valence electrons. The lowest BCUT2D eigenvalue weighted by Gasteiger charge is -2.21. The van der Waals surface area contributed by atoms with Gasteiger partial charge in [-0.1, -0.05) is 6.07 Å². The lowest BCUT2D eigenvalue weighted by Crippen LogP contribution is -2.33. The molecule has 0 atom stereocenters. The quantitative estimate of drug-likeness (QED) is 0.812. The maximum absolute atomic E-state index is 12.5. The van der Waals surface area contributed by atoms with Crippen LogP contribution in [0.15, 0.2) is 29.2 Å². The summed E-state index contributed by atoms with van der Waals surface area (Å²) < 4.78 is 63.5. The van der Waals surface area contributed by atoms with Crippen molar-refractivity contribution in [3.63, 3.8) is 0 Å². The van der Waals surface area contributed by atoms with E-state index in [2.05, 4.69) is 15.4 Å². The van der Waals surface area contributed by atoms with E-state index in [1.54, 1.807) is 18.9 Å². The molecule has 0 aliphatic carbocycles. The predicted molar refractivity (Wildman–Crippen MR) is 85.9 cm³/mol. The number of nitrogens with one attached hydrogen (secondary N) is 2. The molecule has 2 rings (SSSR count). The van der Waals surface area contributed by atoms with Gasteiger partial charge in [-0.15, -0.1) is 5.10 Å². The molecule has 0 bridgehead atoms. The van der Waals surface area contributed by atoms with Crippen molar-refractivity contribution < 1.29 is 26.4 Å². The second-order valence-corrected chi connectivity index (χ2v) is 7.60. The number of carbonyl (C=O) groups excluding carboxylic acids is 1. The van der Waals surface area contributed by atoms with Gasteiger partial charge >= 0.3 is 6.18 Å². The number of sulfonamides is 1. The molecule has 2 aromatic rings. The van der Waals surface area contributed by atoms with E-state index in [4.69, 9.17) is 0 Å². The lowest BCUT2D eigenvalue weighted by molar-refractivity contribution is -0.144. The zero-order valence-electron chi connectivity index (χ0n) is 14.0. The number of nitrogens with zero attached hydrogens (tertiary/aromatic N) is 3. The van der Waals surface area contributed by atoms with Crippen LogP contribution in [-0.4, -0.2) is 46.9 Å². The minimum absolute atomic E-state index is 0.0680. The van der Waals surface area contributed by atoms with Crippen LogP contribution in [-0.2, 0) is 16.2 Å². The number of H-pyrrole nitrogens is 1. The number of benzene rings is 1. The van der Waals surface area contributed by atoms with Crippen LogP contribution in [0.25, 0.3) is 0 Å². The van der Waals surface area contributed by atoms with Crippen LogP contribution in [0.1, 0.15) is 30.0 Å². The van der Waals surface area contributed by atoms with E-state index in [0.717, 1.165) is 10.4 Å². The second-order valence-electron chi connectivity index (χ2n) is 5.60. The zero-order chi connectivity index (χ0) is 19.7. The van der Waals surface area contributed by atoms with Gasteiger partial charge in [0.05, 0.1) is 4.90 Å². The molecular weight excluding hydrogens is 375 g/mol. The number of anilines is 1. The van der Waals surface area contributed by atoms with Crippen LogP contribution in [0.2, 0.25) is 0 Å². The average Bonchev–Trinajstić information content (AvgIpc) is 3.02. The normalized spacial score (nSPS) is 12.6. The fourth-order valence-corrected chi connectivity index (χ4v) is 3.27. The summed E-state index contributed by atoms with van der Waals surface area (Å²) in [5, 5.41) is 7.00. The summed E-state index contributed by atoms with van der Waals surface area (Å²) in [6, 6.07) is 4.82. The second kappa shape index (κ2) is 7.03. The van der Waals surface area contributed by atoms with Crippen molar-refractivity contribution in [1.82, 2.24) is 19.5 Å². The van der Waals surface area contributed by atoms with Crippen LogP contribution in [0.4, 0.5) is 19.1 Å². The summed E-state index contributed by atoms with van der Waals surface area (Å²) in [7, 11) is -2.41. The molecule has 0 aliphatic rings. The highest BCUT2D eigenvalue weighted by Crippen LogP contribution is 2.26. The van der Waals surface area contributed by atoms with E-state index in [0.29, 0.717) is 0 Å². The highest BCUT2D eigenvalue weighted by Gasteiger charge is 2.35. The molecule has 0 unspecified atom stereocenters. The summed E-state index contributed by atoms with van der Waals surface area (Å²) in [6.45, 7) is 3.38. The van der Waals surface area contributed by atoms with E-state index < -0.39 is 33.9 Å². The van der Waals surface area contributed by atoms with E-state index in [9.17, 15) is 26.4 Å². The highest BCUT2D eigenvalue weighted by molar-refractivity contribution is 7.89. The maximum Gasteiger partial charge on any atom is 0.451 e. The van der Waals surface area contributed by atoms with E-state index in [-0.39, 0.29) is 16.5 Å². The topological polar surface area (TPSA) is 108 Å². The number of carbonyl (C=O) groups is 1. The van der Waals surface area contributed by atoms with Gasteiger partial charge in [0.25, 0.3) is 5.91 Å². The number of alkyl halides is 3. The van der Waals surface area contributed by atoms with Gasteiger partial charge in [-0.05, 0) is 32.0 Å². The molecule has 1 aromatic carbocycles. The first-order chi connectivity index (χ1) is 11.9. The molecule has 0 aliphatic heterocycles. The fraction of sp³-hybridized carbons (Fsp3) is 0.357. The van der Waals surface area contributed by atoms with Crippen molar-refractivity contribution in [2.75, 3.05) is 12.4 Å². The Morgan fingerprint density at radius 3 is 2.50 bits per heavy atom. The standard InChI is InChI=1S/C14H16F3N5O3S/c1-8(2)22(3)26(24,25)10-6-4-5-9(7-10)11(23)18-13-19-12(20-21-13)14(15,16)17/h4-8H,1-3H3,(H2,18,19,20,21,23). The molecule has 0 fully saturated rings. The molecule has 0 radical (unpaired) electrons. The Bertz CT molecular complexity index is 909. The van der Waals surface area contributed by atoms with Crippen LogP contribution in [0.3, 0.4) is 0 Å². The number of hydrogen-bond donors (Lipinski definition) is 2. The van der Waals surface area contributed by atoms with Crippen LogP contribution in [0, 0.1) is 0 Å². The molecule has 1 amide bonds. The Hall–Kier alpha value is -2.47. The van der Waals surface area contributed by atoms with Crippen molar-refractivity contribution in [2.24, 2.45) is 0 Å². The first-order valence-electron chi connectivity index (χ1n) is 7.32. The van der Waals surface area contributed by atoms with Gasteiger partial charge in [-0.2, -0.15) is 22.5 Å². The number of rotatable bonds is 5. The van der Waals surface area contributed by atoms with E-state index in [1.165, 1.54) is 25.2 Å². The van der Waals surface area contributed by atoms with Crippen LogP contribution in [0.5, 0.6) is 0 Å². The van der Waals surface area contributed by atoms with Crippen molar-refractivity contribution in [3.8, 4) is 0 Å². The maximum atomic E-state index is 12.5. The Kier molecular flexibility index (Phi) is 5.37. The Morgan fingerprint density at radius 1 is 1.31 bits per heavy atom. The van der Waals surface area contributed by atoms with Gasteiger partial charge in [0.15, 0.2) is 0 Å². The van der Waals surface area contributed by atoms with Crippen LogP contribution >= 0.6 is 0 Å². The Morgan fingerprint density at radius 2 is 1.96 bits per heavy atom. The summed E-state index contributed by atoms with van der Waals surface area (Å²) in [6.07, 6.45) is -4.73. The molecule has 1 aromatic heterocycles. The number of halogens is 3. The first-order valence-corrected chi connectivity index (χ1v) is 8.76. The van der Waals surface area contributed by atoms with Crippen molar-refractivity contribution in [3.05, 3.63) is 35.7 Å². The zero-order valence-corrected chi connectivity index (χ0v) is 14.8. The number of amides is 1. The van der Waals surface area contributed by atoms with Gasteiger partial charge in [0, 0.05) is 18.7 Å². The molecule has 8 nitrogen and oxygen atoms in total. The molecule has 0 saturated carbocycles. The number of aromatic nitrogens is 3. The average molecular weight is 391 g/mol. The van der Waals surface area contributed by atoms with Crippen molar-refractivity contribution >= 4 is 21.9 Å². The first kappa shape index (κ1) is 19.8. The minimum Gasteiger partial charge on any atom is -0.289 e. The van der Waals surface area contributed by atoms with Gasteiger partial charge < -0.3 is 0 Å². The van der Waals surface area contributed by atoms with E-state index in [1.807, 2.05) is 0 Å². The Labute approximate surface area is 147 Å². The van der Waals surface area contributed by atoms with Gasteiger partial charge in [0.1, 0.15) is 0 Å².